The molecule has 3 rings (SSSR count). The third-order valence-electron chi connectivity index (χ3n) is 2.07. The molecule has 3 heterocycles. The first kappa shape index (κ1) is 9.04. The van der Waals surface area contributed by atoms with E-state index in [-0.39, 0.29) is 11.9 Å². The van der Waals surface area contributed by atoms with Crippen LogP contribution in [0.25, 0.3) is 16.0 Å². The van der Waals surface area contributed by atoms with E-state index in [1.807, 2.05) is 11.4 Å². The molecule has 8 heteroatoms. The van der Waals surface area contributed by atoms with Crippen LogP contribution in [0.5, 0.6) is 0 Å². The van der Waals surface area contributed by atoms with E-state index < -0.39 is 0 Å². The molecule has 0 unspecified atom stereocenters. The van der Waals surface area contributed by atoms with Crippen LogP contribution in [0, 0.1) is 0 Å². The van der Waals surface area contributed by atoms with Crippen LogP contribution < -0.4 is 11.5 Å². The van der Waals surface area contributed by atoms with E-state index in [0.717, 1.165) is 10.2 Å². The highest BCUT2D eigenvalue weighted by molar-refractivity contribution is 7.17. The highest BCUT2D eigenvalue weighted by Gasteiger charge is 2.12. The molecule has 0 aliphatic rings. The van der Waals surface area contributed by atoms with E-state index in [0.29, 0.717) is 5.82 Å². The summed E-state index contributed by atoms with van der Waals surface area (Å²) in [7, 11) is 0. The minimum atomic E-state index is 0.126. The monoisotopic (exact) mass is 233 g/mol. The number of nitrogens with two attached hydrogens (primary N) is 2. The molecule has 0 saturated heterocycles. The van der Waals surface area contributed by atoms with Crippen molar-refractivity contribution in [1.29, 1.82) is 0 Å². The van der Waals surface area contributed by atoms with E-state index in [1.54, 1.807) is 0 Å². The largest absolute Gasteiger partial charge is 0.368 e. The molecule has 7 nitrogen and oxygen atoms in total. The Hall–Kier alpha value is -2.22. The van der Waals surface area contributed by atoms with Crippen molar-refractivity contribution in [3.63, 3.8) is 0 Å². The van der Waals surface area contributed by atoms with Gasteiger partial charge in [0.25, 0.3) is 0 Å². The van der Waals surface area contributed by atoms with E-state index in [1.165, 1.54) is 22.3 Å². The second-order valence-electron chi connectivity index (χ2n) is 3.07. The molecular weight excluding hydrogens is 226 g/mol. The summed E-state index contributed by atoms with van der Waals surface area (Å²) in [5, 5.41) is 5.91. The first-order chi connectivity index (χ1) is 7.75. The van der Waals surface area contributed by atoms with E-state index in [2.05, 4.69) is 20.1 Å². The van der Waals surface area contributed by atoms with E-state index in [9.17, 15) is 0 Å². The van der Waals surface area contributed by atoms with Crippen molar-refractivity contribution < 1.29 is 0 Å². The number of nitrogen functional groups attached to an aromatic ring is 2. The Labute approximate surface area is 93.8 Å². The zero-order chi connectivity index (χ0) is 11.1. The zero-order valence-corrected chi connectivity index (χ0v) is 8.85. The SMILES string of the molecule is Nc1nc(N)n(-c2ncnc3ccsc23)n1. The third-order valence-corrected chi connectivity index (χ3v) is 2.97. The van der Waals surface area contributed by atoms with Crippen molar-refractivity contribution in [1.82, 2.24) is 24.7 Å². The summed E-state index contributed by atoms with van der Waals surface area (Å²) in [6.07, 6.45) is 1.46. The van der Waals surface area contributed by atoms with Crippen LogP contribution in [0.15, 0.2) is 17.8 Å². The van der Waals surface area contributed by atoms with Crippen LogP contribution in [-0.2, 0) is 0 Å². The van der Waals surface area contributed by atoms with Gasteiger partial charge in [0.15, 0.2) is 5.82 Å². The summed E-state index contributed by atoms with van der Waals surface area (Å²) in [5.41, 5.74) is 12.0. The fraction of sp³-hybridized carbons (Fsp3) is 0. The van der Waals surface area contributed by atoms with Gasteiger partial charge in [0.05, 0.1) is 10.2 Å². The number of nitrogens with zero attached hydrogens (tertiary/aromatic N) is 5. The Morgan fingerprint density at radius 1 is 1.25 bits per heavy atom. The van der Waals surface area contributed by atoms with Gasteiger partial charge in [-0.2, -0.15) is 9.67 Å². The van der Waals surface area contributed by atoms with Gasteiger partial charge in [-0.15, -0.1) is 16.4 Å². The average molecular weight is 233 g/mol. The van der Waals surface area contributed by atoms with Crippen LogP contribution in [0.3, 0.4) is 0 Å². The van der Waals surface area contributed by atoms with Crippen LogP contribution in [-0.4, -0.2) is 24.7 Å². The van der Waals surface area contributed by atoms with Crippen molar-refractivity contribution in [3.05, 3.63) is 17.8 Å². The van der Waals surface area contributed by atoms with Crippen LogP contribution in [0.2, 0.25) is 0 Å². The van der Waals surface area contributed by atoms with Crippen LogP contribution >= 0.6 is 11.3 Å². The molecule has 0 bridgehead atoms. The molecule has 0 aromatic carbocycles. The number of hydrogen-bond donors (Lipinski definition) is 2. The Morgan fingerprint density at radius 3 is 2.88 bits per heavy atom. The molecule has 0 radical (unpaired) electrons. The first-order valence-electron chi connectivity index (χ1n) is 4.42. The molecule has 0 aliphatic heterocycles. The quantitative estimate of drug-likeness (QED) is 0.631. The molecular formula is C8H7N7S. The molecule has 16 heavy (non-hydrogen) atoms. The van der Waals surface area contributed by atoms with Crippen molar-refractivity contribution in [2.45, 2.75) is 0 Å². The number of aromatic nitrogens is 5. The average Bonchev–Trinajstić information content (AvgIpc) is 2.84. The fourth-order valence-electron chi connectivity index (χ4n) is 1.42. The van der Waals surface area contributed by atoms with Crippen LogP contribution in [0.1, 0.15) is 0 Å². The summed E-state index contributed by atoms with van der Waals surface area (Å²) in [4.78, 5) is 12.1. The standard InChI is InChI=1S/C8H7N7S/c9-7-13-8(10)15(14-7)6-5-4(1-2-16-5)11-3-12-6/h1-3H,(H4,9,10,13,14). The summed E-state index contributed by atoms with van der Waals surface area (Å²) < 4.78 is 2.31. The Kier molecular flexibility index (Phi) is 1.77. The third kappa shape index (κ3) is 1.20. The lowest BCUT2D eigenvalue weighted by molar-refractivity contribution is 0.866. The summed E-state index contributed by atoms with van der Waals surface area (Å²) >= 11 is 1.52. The molecule has 0 spiro atoms. The first-order valence-corrected chi connectivity index (χ1v) is 5.30. The lowest BCUT2D eigenvalue weighted by atomic mass is 10.4. The molecule has 80 valence electrons. The predicted octanol–water partition coefficient (Wildman–Crippen LogP) is 0.436. The van der Waals surface area contributed by atoms with E-state index >= 15 is 0 Å². The van der Waals surface area contributed by atoms with Crippen molar-refractivity contribution in [2.24, 2.45) is 0 Å². The summed E-state index contributed by atoms with van der Waals surface area (Å²) in [6, 6.07) is 1.90. The van der Waals surface area contributed by atoms with Gasteiger partial charge in [0.2, 0.25) is 11.9 Å². The van der Waals surface area contributed by atoms with Gasteiger partial charge >= 0.3 is 0 Å². The normalized spacial score (nSPS) is 11.0. The molecule has 0 saturated carbocycles. The van der Waals surface area contributed by atoms with Crippen LogP contribution in [0.4, 0.5) is 11.9 Å². The maximum atomic E-state index is 5.69. The maximum Gasteiger partial charge on any atom is 0.241 e. The topological polar surface area (TPSA) is 109 Å². The van der Waals surface area contributed by atoms with Gasteiger partial charge in [-0.1, -0.05) is 0 Å². The summed E-state index contributed by atoms with van der Waals surface area (Å²) in [5.74, 6) is 0.938. The molecule has 0 amide bonds. The highest BCUT2D eigenvalue weighted by atomic mass is 32.1. The smallest absolute Gasteiger partial charge is 0.241 e. The van der Waals surface area contributed by atoms with Gasteiger partial charge in [-0.3, -0.25) is 0 Å². The van der Waals surface area contributed by atoms with Crippen molar-refractivity contribution in [2.75, 3.05) is 11.5 Å². The minimum absolute atomic E-state index is 0.126. The minimum Gasteiger partial charge on any atom is -0.368 e. The van der Waals surface area contributed by atoms with Crippen molar-refractivity contribution >= 4 is 33.5 Å². The molecule has 3 aromatic heterocycles. The van der Waals surface area contributed by atoms with Gasteiger partial charge < -0.3 is 11.5 Å². The Balaban J connectivity index is 2.33. The maximum absolute atomic E-state index is 5.69. The van der Waals surface area contributed by atoms with Gasteiger partial charge in [0.1, 0.15) is 6.33 Å². The lowest BCUT2D eigenvalue weighted by Crippen LogP contribution is -2.05. The number of anilines is 2. The molecule has 0 aliphatic carbocycles. The number of rotatable bonds is 1. The Morgan fingerprint density at radius 2 is 2.12 bits per heavy atom. The fourth-order valence-corrected chi connectivity index (χ4v) is 2.24. The van der Waals surface area contributed by atoms with E-state index in [4.69, 9.17) is 11.5 Å². The van der Waals surface area contributed by atoms with Gasteiger partial charge in [-0.05, 0) is 11.4 Å². The highest BCUT2D eigenvalue weighted by Crippen LogP contribution is 2.24. The van der Waals surface area contributed by atoms with Crippen molar-refractivity contribution in [3.8, 4) is 5.82 Å². The molecule has 4 N–H and O–H groups in total. The second-order valence-corrected chi connectivity index (χ2v) is 3.99. The Bertz CT molecular complexity index is 655. The molecule has 0 fully saturated rings. The number of hydrogen-bond acceptors (Lipinski definition) is 7. The van der Waals surface area contributed by atoms with Gasteiger partial charge in [0, 0.05) is 0 Å². The number of fused-ring (bicyclic) bond motifs is 1. The van der Waals surface area contributed by atoms with Gasteiger partial charge in [-0.25, -0.2) is 9.97 Å². The molecule has 0 atom stereocenters. The predicted molar refractivity (Wildman–Crippen MR) is 61.2 cm³/mol. The molecule has 3 aromatic rings. The number of thiophene rings is 1. The zero-order valence-electron chi connectivity index (χ0n) is 8.03. The second kappa shape index (κ2) is 3.14. The summed E-state index contributed by atoms with van der Waals surface area (Å²) in [6.45, 7) is 0. The lowest BCUT2D eigenvalue weighted by Gasteiger charge is -2.01.